The largest absolute Gasteiger partial charge is 0.477 e. The summed E-state index contributed by atoms with van der Waals surface area (Å²) in [6.45, 7) is 0. The van der Waals surface area contributed by atoms with E-state index >= 15 is 0 Å². The molecule has 0 unspecified atom stereocenters. The van der Waals surface area contributed by atoms with Crippen LogP contribution in [0.5, 0.6) is 0 Å². The van der Waals surface area contributed by atoms with Crippen LogP contribution in [0.25, 0.3) is 21.3 Å². The number of aromatic amines is 1. The van der Waals surface area contributed by atoms with Gasteiger partial charge in [0.15, 0.2) is 9.84 Å². The molecular weight excluding hydrogens is 358 g/mol. The topological polar surface area (TPSA) is 87.2 Å². The van der Waals surface area contributed by atoms with E-state index in [0.717, 1.165) is 16.5 Å². The second-order valence-corrected chi connectivity index (χ2v) is 8.68. The molecule has 3 rings (SSSR count). The average Bonchev–Trinajstić information content (AvgIpc) is 2.99. The van der Waals surface area contributed by atoms with Gasteiger partial charge in [0.2, 0.25) is 0 Å². The number of nitrogens with one attached hydrogen (secondary N) is 1. The molecule has 0 radical (unpaired) electrons. The summed E-state index contributed by atoms with van der Waals surface area (Å²) >= 11 is 7.62. The molecule has 2 aromatic heterocycles. The van der Waals surface area contributed by atoms with Crippen LogP contribution in [-0.4, -0.2) is 30.7 Å². The smallest absolute Gasteiger partial charge is 0.353 e. The summed E-state index contributed by atoms with van der Waals surface area (Å²) < 4.78 is 23.6. The molecule has 0 amide bonds. The van der Waals surface area contributed by atoms with Crippen LogP contribution in [-0.2, 0) is 15.6 Å². The lowest BCUT2D eigenvalue weighted by atomic mass is 10.0. The number of benzene rings is 1. The molecule has 0 aliphatic heterocycles. The molecule has 120 valence electrons. The Balaban J connectivity index is 2.16. The van der Waals surface area contributed by atoms with Crippen molar-refractivity contribution in [1.82, 2.24) is 4.98 Å². The monoisotopic (exact) mass is 369 g/mol. The maximum atomic E-state index is 11.5. The van der Waals surface area contributed by atoms with Gasteiger partial charge in [-0.3, -0.25) is 0 Å². The molecule has 8 heteroatoms. The normalized spacial score (nSPS) is 11.9. The van der Waals surface area contributed by atoms with Gasteiger partial charge < -0.3 is 10.1 Å². The highest BCUT2D eigenvalue weighted by molar-refractivity contribution is 7.89. The van der Waals surface area contributed by atoms with E-state index in [4.69, 9.17) is 11.6 Å². The van der Waals surface area contributed by atoms with E-state index in [1.54, 1.807) is 18.2 Å². The molecule has 3 aromatic rings. The number of hydrogen-bond acceptors (Lipinski definition) is 4. The minimum atomic E-state index is -3.20. The standard InChI is InChI=1S/C15H12ClNO4S2/c1-23(20,21)7-9-3-2-8(6-10(9)16)12-13(15(18)19)17-11-4-5-22-14(11)12/h2-6,17H,7H2,1H3,(H,18,19). The molecule has 0 saturated heterocycles. The van der Waals surface area contributed by atoms with Gasteiger partial charge in [-0.2, -0.15) is 0 Å². The number of fused-ring (bicyclic) bond motifs is 1. The van der Waals surface area contributed by atoms with Crippen molar-refractivity contribution in [2.24, 2.45) is 0 Å². The third-order valence-corrected chi connectivity index (χ3v) is 5.49. The molecule has 1 aromatic carbocycles. The van der Waals surface area contributed by atoms with Crippen molar-refractivity contribution < 1.29 is 18.3 Å². The number of thiophene rings is 1. The van der Waals surface area contributed by atoms with Crippen LogP contribution < -0.4 is 0 Å². The predicted molar refractivity (Wildman–Crippen MR) is 92.1 cm³/mol. The zero-order valence-corrected chi connectivity index (χ0v) is 14.3. The quantitative estimate of drug-likeness (QED) is 0.732. The highest BCUT2D eigenvalue weighted by Crippen LogP contribution is 2.37. The fourth-order valence-electron chi connectivity index (χ4n) is 2.45. The van der Waals surface area contributed by atoms with Gasteiger partial charge in [-0.25, -0.2) is 13.2 Å². The number of carboxylic acid groups (broad SMARTS) is 1. The Bertz CT molecular complexity index is 1020. The van der Waals surface area contributed by atoms with Crippen LogP contribution in [0.4, 0.5) is 0 Å². The average molecular weight is 370 g/mol. The Hall–Kier alpha value is -1.83. The van der Waals surface area contributed by atoms with E-state index in [1.165, 1.54) is 11.3 Å². The van der Waals surface area contributed by atoms with Gasteiger partial charge in [-0.1, -0.05) is 23.7 Å². The van der Waals surface area contributed by atoms with E-state index in [2.05, 4.69) is 4.98 Å². The number of sulfone groups is 1. The van der Waals surface area contributed by atoms with E-state index in [-0.39, 0.29) is 11.4 Å². The van der Waals surface area contributed by atoms with Crippen molar-refractivity contribution in [2.75, 3.05) is 6.26 Å². The fourth-order valence-corrected chi connectivity index (χ4v) is 4.52. The zero-order chi connectivity index (χ0) is 16.8. The molecule has 0 saturated carbocycles. The van der Waals surface area contributed by atoms with Gasteiger partial charge in [0.25, 0.3) is 0 Å². The van der Waals surface area contributed by atoms with Crippen molar-refractivity contribution in [3.63, 3.8) is 0 Å². The number of aromatic nitrogens is 1. The van der Waals surface area contributed by atoms with Crippen LogP contribution >= 0.6 is 22.9 Å². The number of rotatable bonds is 4. The molecule has 5 nitrogen and oxygen atoms in total. The molecule has 23 heavy (non-hydrogen) atoms. The first-order chi connectivity index (χ1) is 10.8. The van der Waals surface area contributed by atoms with Crippen LogP contribution in [0, 0.1) is 0 Å². The first kappa shape index (κ1) is 16.0. The lowest BCUT2D eigenvalue weighted by Crippen LogP contribution is -2.02. The molecule has 0 bridgehead atoms. The Morgan fingerprint density at radius 3 is 2.70 bits per heavy atom. The predicted octanol–water partition coefficient (Wildman–Crippen LogP) is 3.79. The third-order valence-electron chi connectivity index (χ3n) is 3.38. The lowest BCUT2D eigenvalue weighted by Gasteiger charge is -2.07. The maximum Gasteiger partial charge on any atom is 0.353 e. The van der Waals surface area contributed by atoms with Crippen molar-refractivity contribution in [2.45, 2.75) is 5.75 Å². The number of carboxylic acids is 1. The summed E-state index contributed by atoms with van der Waals surface area (Å²) in [5, 5.41) is 11.6. The number of halogens is 1. The molecule has 0 atom stereocenters. The fraction of sp³-hybridized carbons (Fsp3) is 0.133. The zero-order valence-electron chi connectivity index (χ0n) is 12.0. The molecule has 0 fully saturated rings. The first-order valence-electron chi connectivity index (χ1n) is 6.55. The Labute approximate surface area is 141 Å². The third kappa shape index (κ3) is 3.12. The van der Waals surface area contributed by atoms with E-state index < -0.39 is 15.8 Å². The summed E-state index contributed by atoms with van der Waals surface area (Å²) in [5.41, 5.74) is 2.54. The van der Waals surface area contributed by atoms with Crippen LogP contribution in [0.15, 0.2) is 29.6 Å². The number of H-pyrrole nitrogens is 1. The van der Waals surface area contributed by atoms with Crippen LogP contribution in [0.1, 0.15) is 16.1 Å². The summed E-state index contributed by atoms with van der Waals surface area (Å²) in [5.74, 6) is -1.21. The van der Waals surface area contributed by atoms with Gasteiger partial charge in [-0.05, 0) is 28.6 Å². The highest BCUT2D eigenvalue weighted by atomic mass is 35.5. The molecule has 2 heterocycles. The Morgan fingerprint density at radius 1 is 1.35 bits per heavy atom. The van der Waals surface area contributed by atoms with Gasteiger partial charge in [0.1, 0.15) is 5.69 Å². The van der Waals surface area contributed by atoms with E-state index in [1.807, 2.05) is 11.4 Å². The SMILES string of the molecule is CS(=O)(=O)Cc1ccc(-c2c(C(=O)O)[nH]c3ccsc23)cc1Cl. The van der Waals surface area contributed by atoms with Gasteiger partial charge in [-0.15, -0.1) is 11.3 Å². The highest BCUT2D eigenvalue weighted by Gasteiger charge is 2.20. The minimum absolute atomic E-state index is 0.0961. The van der Waals surface area contributed by atoms with Crippen LogP contribution in [0.2, 0.25) is 5.02 Å². The maximum absolute atomic E-state index is 11.5. The summed E-state index contributed by atoms with van der Waals surface area (Å²) in [7, 11) is -3.20. The molecule has 0 aliphatic rings. The number of hydrogen-bond donors (Lipinski definition) is 2. The Kier molecular flexibility index (Phi) is 3.95. The van der Waals surface area contributed by atoms with Crippen molar-refractivity contribution >= 4 is 49.0 Å². The molecular formula is C15H12ClNO4S2. The number of aromatic carboxylic acids is 1. The van der Waals surface area contributed by atoms with E-state index in [0.29, 0.717) is 21.7 Å². The minimum Gasteiger partial charge on any atom is -0.477 e. The second kappa shape index (κ2) is 5.67. The number of carbonyl (C=O) groups is 1. The van der Waals surface area contributed by atoms with Gasteiger partial charge in [0, 0.05) is 16.8 Å². The Morgan fingerprint density at radius 2 is 2.09 bits per heavy atom. The lowest BCUT2D eigenvalue weighted by molar-refractivity contribution is 0.0692. The molecule has 0 spiro atoms. The second-order valence-electron chi connectivity index (χ2n) is 5.22. The molecule has 2 N–H and O–H groups in total. The summed E-state index contributed by atoms with van der Waals surface area (Å²) in [6.07, 6.45) is 1.14. The van der Waals surface area contributed by atoms with Crippen molar-refractivity contribution in [1.29, 1.82) is 0 Å². The van der Waals surface area contributed by atoms with Crippen LogP contribution in [0.3, 0.4) is 0 Å². The van der Waals surface area contributed by atoms with Crippen molar-refractivity contribution in [3.8, 4) is 11.1 Å². The van der Waals surface area contributed by atoms with E-state index in [9.17, 15) is 18.3 Å². The summed E-state index contributed by atoms with van der Waals surface area (Å²) in [6, 6.07) is 6.74. The van der Waals surface area contributed by atoms with Crippen molar-refractivity contribution in [3.05, 3.63) is 45.9 Å². The summed E-state index contributed by atoms with van der Waals surface area (Å²) in [4.78, 5) is 14.3. The molecule has 0 aliphatic carbocycles. The van der Waals surface area contributed by atoms with Gasteiger partial charge in [0.05, 0.1) is 16.0 Å². The first-order valence-corrected chi connectivity index (χ1v) is 9.87. The van der Waals surface area contributed by atoms with Gasteiger partial charge >= 0.3 is 5.97 Å².